The second-order valence-corrected chi connectivity index (χ2v) is 6.52. The summed E-state index contributed by atoms with van der Waals surface area (Å²) in [6, 6.07) is 0.277. The molecule has 1 saturated carbocycles. The van der Waals surface area contributed by atoms with Crippen LogP contribution in [-0.2, 0) is 16.0 Å². The summed E-state index contributed by atoms with van der Waals surface area (Å²) in [6.07, 6.45) is 5.23. The molecule has 1 aromatic heterocycles. The Morgan fingerprint density at radius 3 is 2.57 bits per heavy atom. The zero-order chi connectivity index (χ0) is 16.7. The number of hydrogen-bond acceptors (Lipinski definition) is 5. The highest BCUT2D eigenvalue weighted by Gasteiger charge is 2.17. The number of thiazole rings is 1. The maximum absolute atomic E-state index is 11.7. The van der Waals surface area contributed by atoms with Crippen molar-refractivity contribution in [2.45, 2.75) is 51.0 Å². The predicted octanol–water partition coefficient (Wildman–Crippen LogP) is 1.34. The van der Waals surface area contributed by atoms with E-state index in [9.17, 15) is 14.4 Å². The lowest BCUT2D eigenvalue weighted by Gasteiger charge is -2.11. The van der Waals surface area contributed by atoms with Crippen LogP contribution in [0.3, 0.4) is 0 Å². The molecular formula is C15H21N3O4S. The van der Waals surface area contributed by atoms with E-state index in [2.05, 4.69) is 15.6 Å². The van der Waals surface area contributed by atoms with Crippen LogP contribution in [0.2, 0.25) is 0 Å². The van der Waals surface area contributed by atoms with Crippen LogP contribution in [-0.4, -0.2) is 40.5 Å². The van der Waals surface area contributed by atoms with Crippen LogP contribution in [0.1, 0.15) is 54.0 Å². The van der Waals surface area contributed by atoms with E-state index in [0.717, 1.165) is 25.7 Å². The standard InChI is InChI=1S/C15H21N3O4S/c19-12(5-6-13(20)17-10-3-1-2-4-10)16-8-7-14-18-11(9-23-14)15(21)22/h9-10H,1-8H2,(H,16,19)(H,17,20)(H,21,22). The molecule has 1 aliphatic carbocycles. The molecule has 0 atom stereocenters. The van der Waals surface area contributed by atoms with E-state index in [1.807, 2.05) is 0 Å². The van der Waals surface area contributed by atoms with Gasteiger partial charge in [-0.1, -0.05) is 12.8 Å². The zero-order valence-corrected chi connectivity index (χ0v) is 13.7. The molecule has 0 aliphatic heterocycles. The molecule has 0 saturated heterocycles. The molecular weight excluding hydrogens is 318 g/mol. The van der Waals surface area contributed by atoms with Crippen molar-refractivity contribution in [3.05, 3.63) is 16.1 Å². The molecule has 0 bridgehead atoms. The van der Waals surface area contributed by atoms with Crippen molar-refractivity contribution in [3.8, 4) is 0 Å². The van der Waals surface area contributed by atoms with Crippen LogP contribution in [0.5, 0.6) is 0 Å². The van der Waals surface area contributed by atoms with Crippen LogP contribution < -0.4 is 10.6 Å². The Balaban J connectivity index is 1.59. The third-order valence-electron chi connectivity index (χ3n) is 3.73. The summed E-state index contributed by atoms with van der Waals surface area (Å²) in [7, 11) is 0. The molecule has 0 radical (unpaired) electrons. The van der Waals surface area contributed by atoms with Gasteiger partial charge in [-0.15, -0.1) is 11.3 Å². The number of amides is 2. The third-order valence-corrected chi connectivity index (χ3v) is 4.64. The fraction of sp³-hybridized carbons (Fsp3) is 0.600. The van der Waals surface area contributed by atoms with Crippen molar-refractivity contribution in [1.29, 1.82) is 0 Å². The molecule has 2 amide bonds. The van der Waals surface area contributed by atoms with Gasteiger partial charge in [0.1, 0.15) is 0 Å². The van der Waals surface area contributed by atoms with Gasteiger partial charge in [0.25, 0.3) is 0 Å². The van der Waals surface area contributed by atoms with E-state index in [1.54, 1.807) is 0 Å². The molecule has 7 nitrogen and oxygen atoms in total. The van der Waals surface area contributed by atoms with E-state index < -0.39 is 5.97 Å². The summed E-state index contributed by atoms with van der Waals surface area (Å²) in [5.74, 6) is -1.30. The summed E-state index contributed by atoms with van der Waals surface area (Å²) < 4.78 is 0. The van der Waals surface area contributed by atoms with Crippen LogP contribution >= 0.6 is 11.3 Å². The molecule has 0 unspecified atom stereocenters. The van der Waals surface area contributed by atoms with E-state index in [-0.39, 0.29) is 36.4 Å². The lowest BCUT2D eigenvalue weighted by atomic mass is 10.2. The zero-order valence-electron chi connectivity index (χ0n) is 12.8. The second-order valence-electron chi connectivity index (χ2n) is 5.58. The number of carboxylic acids is 1. The lowest BCUT2D eigenvalue weighted by molar-refractivity contribution is -0.126. The van der Waals surface area contributed by atoms with Crippen molar-refractivity contribution in [2.24, 2.45) is 0 Å². The first-order valence-corrected chi connectivity index (χ1v) is 8.66. The number of nitrogens with zero attached hydrogens (tertiary/aromatic N) is 1. The quantitative estimate of drug-likeness (QED) is 0.662. The van der Waals surface area contributed by atoms with Crippen molar-refractivity contribution in [3.63, 3.8) is 0 Å². The molecule has 1 aliphatic rings. The van der Waals surface area contributed by atoms with Gasteiger partial charge in [-0.3, -0.25) is 9.59 Å². The average molecular weight is 339 g/mol. The van der Waals surface area contributed by atoms with Crippen molar-refractivity contribution in [2.75, 3.05) is 6.54 Å². The topological polar surface area (TPSA) is 108 Å². The van der Waals surface area contributed by atoms with Gasteiger partial charge < -0.3 is 15.7 Å². The molecule has 1 heterocycles. The number of rotatable bonds is 8. The van der Waals surface area contributed by atoms with Crippen LogP contribution in [0.15, 0.2) is 5.38 Å². The fourth-order valence-corrected chi connectivity index (χ4v) is 3.29. The first-order valence-electron chi connectivity index (χ1n) is 7.78. The fourth-order valence-electron chi connectivity index (χ4n) is 2.52. The Morgan fingerprint density at radius 2 is 1.91 bits per heavy atom. The SMILES string of the molecule is O=C(CCC(=O)NC1CCCC1)NCCc1nc(C(=O)O)cs1. The van der Waals surface area contributed by atoms with Gasteiger partial charge in [0.05, 0.1) is 5.01 Å². The number of aromatic carboxylic acids is 1. The lowest BCUT2D eigenvalue weighted by Crippen LogP contribution is -2.34. The smallest absolute Gasteiger partial charge is 0.355 e. The monoisotopic (exact) mass is 339 g/mol. The average Bonchev–Trinajstić information content (AvgIpc) is 3.16. The highest BCUT2D eigenvalue weighted by molar-refractivity contribution is 7.09. The molecule has 2 rings (SSSR count). The summed E-state index contributed by atoms with van der Waals surface area (Å²) in [4.78, 5) is 38.0. The van der Waals surface area contributed by atoms with Crippen molar-refractivity contribution < 1.29 is 19.5 Å². The number of hydrogen-bond donors (Lipinski definition) is 3. The van der Waals surface area contributed by atoms with Gasteiger partial charge in [-0.05, 0) is 12.8 Å². The Labute approximate surface area is 138 Å². The normalized spacial score (nSPS) is 14.6. The molecule has 126 valence electrons. The van der Waals surface area contributed by atoms with E-state index >= 15 is 0 Å². The summed E-state index contributed by atoms with van der Waals surface area (Å²) >= 11 is 1.26. The van der Waals surface area contributed by atoms with Gasteiger partial charge in [0.15, 0.2) is 5.69 Å². The number of carboxylic acid groups (broad SMARTS) is 1. The number of carbonyl (C=O) groups is 3. The van der Waals surface area contributed by atoms with Crippen molar-refractivity contribution in [1.82, 2.24) is 15.6 Å². The number of nitrogens with one attached hydrogen (secondary N) is 2. The van der Waals surface area contributed by atoms with E-state index in [0.29, 0.717) is 18.0 Å². The predicted molar refractivity (Wildman–Crippen MR) is 85.4 cm³/mol. The third kappa shape index (κ3) is 5.97. The van der Waals surface area contributed by atoms with E-state index in [4.69, 9.17) is 5.11 Å². The highest BCUT2D eigenvalue weighted by atomic mass is 32.1. The van der Waals surface area contributed by atoms with Gasteiger partial charge in [0.2, 0.25) is 11.8 Å². The minimum absolute atomic E-state index is 0.0277. The molecule has 0 spiro atoms. The first-order chi connectivity index (χ1) is 11.0. The van der Waals surface area contributed by atoms with Crippen molar-refractivity contribution >= 4 is 29.1 Å². The van der Waals surface area contributed by atoms with Gasteiger partial charge in [-0.25, -0.2) is 9.78 Å². The van der Waals surface area contributed by atoms with Crippen LogP contribution in [0, 0.1) is 0 Å². The molecule has 0 aromatic carbocycles. The maximum atomic E-state index is 11.7. The maximum Gasteiger partial charge on any atom is 0.355 e. The first kappa shape index (κ1) is 17.4. The summed E-state index contributed by atoms with van der Waals surface area (Å²) in [5.41, 5.74) is 0.0277. The molecule has 1 aromatic rings. The van der Waals surface area contributed by atoms with Gasteiger partial charge in [0, 0.05) is 37.2 Å². The van der Waals surface area contributed by atoms with Crippen LogP contribution in [0.4, 0.5) is 0 Å². The number of carbonyl (C=O) groups excluding carboxylic acids is 2. The largest absolute Gasteiger partial charge is 0.476 e. The number of aromatic nitrogens is 1. The Morgan fingerprint density at radius 1 is 1.22 bits per heavy atom. The second kappa shape index (κ2) is 8.61. The molecule has 8 heteroatoms. The molecule has 1 fully saturated rings. The minimum Gasteiger partial charge on any atom is -0.476 e. The Hall–Kier alpha value is -1.96. The Bertz CT molecular complexity index is 567. The van der Waals surface area contributed by atoms with Gasteiger partial charge >= 0.3 is 5.97 Å². The van der Waals surface area contributed by atoms with E-state index in [1.165, 1.54) is 16.7 Å². The molecule has 23 heavy (non-hydrogen) atoms. The molecule has 3 N–H and O–H groups in total. The highest BCUT2D eigenvalue weighted by Crippen LogP contribution is 2.17. The summed E-state index contributed by atoms with van der Waals surface area (Å²) in [5, 5.41) is 16.6. The Kier molecular flexibility index (Phi) is 6.52. The van der Waals surface area contributed by atoms with Gasteiger partial charge in [-0.2, -0.15) is 0 Å². The van der Waals surface area contributed by atoms with Crippen LogP contribution in [0.25, 0.3) is 0 Å². The summed E-state index contributed by atoms with van der Waals surface area (Å²) in [6.45, 7) is 0.385. The minimum atomic E-state index is -1.05.